The molecule has 3 unspecified atom stereocenters. The average molecular weight is 294 g/mol. The van der Waals surface area contributed by atoms with Crippen molar-refractivity contribution in [1.82, 2.24) is 0 Å². The van der Waals surface area contributed by atoms with Crippen LogP contribution >= 0.6 is 0 Å². The van der Waals surface area contributed by atoms with E-state index in [4.69, 9.17) is 9.47 Å². The van der Waals surface area contributed by atoms with Crippen LogP contribution in [0.25, 0.3) is 0 Å². The molecule has 120 valence electrons. The summed E-state index contributed by atoms with van der Waals surface area (Å²) in [5.41, 5.74) is -0.311. The summed E-state index contributed by atoms with van der Waals surface area (Å²) >= 11 is 0. The Bertz CT molecular complexity index is 395. The molecule has 3 aliphatic carbocycles. The van der Waals surface area contributed by atoms with Crippen LogP contribution in [0.5, 0.6) is 0 Å². The smallest absolute Gasteiger partial charge is 0.313 e. The van der Waals surface area contributed by atoms with Gasteiger partial charge in [0, 0.05) is 12.5 Å². The number of ether oxygens (including phenoxy) is 2. The zero-order valence-electron chi connectivity index (χ0n) is 14.0. The van der Waals surface area contributed by atoms with E-state index in [9.17, 15) is 4.79 Å². The standard InChI is InChI=1S/C18H30O3/c1-5-17(2,3)15(19)21-16(20-4)18-9-12-7-6-8-13(10-18)14(12)11-18/h12-14,16H,5-11H2,1-4H3. The van der Waals surface area contributed by atoms with Crippen LogP contribution in [-0.2, 0) is 14.3 Å². The lowest BCUT2D eigenvalue weighted by Gasteiger charge is -2.41. The molecule has 3 rings (SSSR count). The first-order chi connectivity index (χ1) is 9.92. The second-order valence-corrected chi connectivity index (χ2v) is 8.30. The molecule has 0 saturated heterocycles. The van der Waals surface area contributed by atoms with Gasteiger partial charge in [0.1, 0.15) is 0 Å². The molecule has 2 bridgehead atoms. The molecule has 3 fully saturated rings. The minimum absolute atomic E-state index is 0.105. The molecule has 0 spiro atoms. The van der Waals surface area contributed by atoms with Gasteiger partial charge in [-0.25, -0.2) is 0 Å². The predicted molar refractivity (Wildman–Crippen MR) is 81.6 cm³/mol. The summed E-state index contributed by atoms with van der Waals surface area (Å²) in [5, 5.41) is 0. The molecule has 0 aromatic carbocycles. The summed E-state index contributed by atoms with van der Waals surface area (Å²) in [5.74, 6) is 2.47. The highest BCUT2D eigenvalue weighted by Gasteiger charge is 2.61. The van der Waals surface area contributed by atoms with Gasteiger partial charge in [0.05, 0.1) is 5.41 Å². The third-order valence-corrected chi connectivity index (χ3v) is 6.71. The Morgan fingerprint density at radius 2 is 1.86 bits per heavy atom. The molecule has 0 heterocycles. The van der Waals surface area contributed by atoms with Gasteiger partial charge in [-0.1, -0.05) is 26.2 Å². The Morgan fingerprint density at radius 3 is 2.33 bits per heavy atom. The van der Waals surface area contributed by atoms with Crippen molar-refractivity contribution in [2.45, 2.75) is 72.0 Å². The van der Waals surface area contributed by atoms with Crippen molar-refractivity contribution in [3.05, 3.63) is 0 Å². The summed E-state index contributed by atoms with van der Waals surface area (Å²) < 4.78 is 11.6. The van der Waals surface area contributed by atoms with Crippen molar-refractivity contribution in [3.8, 4) is 0 Å². The molecule has 0 aliphatic heterocycles. The summed E-state index contributed by atoms with van der Waals surface area (Å²) in [6, 6.07) is 0. The van der Waals surface area contributed by atoms with Crippen molar-refractivity contribution in [1.29, 1.82) is 0 Å². The minimum Gasteiger partial charge on any atom is -0.435 e. The van der Waals surface area contributed by atoms with E-state index in [2.05, 4.69) is 0 Å². The third-order valence-electron chi connectivity index (χ3n) is 6.71. The van der Waals surface area contributed by atoms with Crippen molar-refractivity contribution >= 4 is 5.97 Å². The first kappa shape index (κ1) is 15.3. The Morgan fingerprint density at radius 1 is 1.24 bits per heavy atom. The Balaban J connectivity index is 1.74. The second kappa shape index (κ2) is 5.26. The molecular formula is C18H30O3. The maximum Gasteiger partial charge on any atom is 0.313 e. The monoisotopic (exact) mass is 294 g/mol. The van der Waals surface area contributed by atoms with Gasteiger partial charge in [0.2, 0.25) is 6.29 Å². The number of carbonyl (C=O) groups excluding carboxylic acids is 1. The second-order valence-electron chi connectivity index (χ2n) is 8.30. The molecule has 0 aromatic heterocycles. The van der Waals surface area contributed by atoms with Crippen molar-refractivity contribution in [2.24, 2.45) is 28.6 Å². The Hall–Kier alpha value is -0.570. The quantitative estimate of drug-likeness (QED) is 0.564. The molecule has 3 atom stereocenters. The largest absolute Gasteiger partial charge is 0.435 e. The maximum absolute atomic E-state index is 12.4. The van der Waals surface area contributed by atoms with Crippen molar-refractivity contribution in [2.75, 3.05) is 7.11 Å². The van der Waals surface area contributed by atoms with E-state index in [1.807, 2.05) is 20.8 Å². The summed E-state index contributed by atoms with van der Waals surface area (Å²) in [6.45, 7) is 5.95. The molecule has 3 aliphatic rings. The average Bonchev–Trinajstić information content (AvgIpc) is 3.01. The third kappa shape index (κ3) is 2.42. The predicted octanol–water partition coefficient (Wildman–Crippen LogP) is 4.15. The lowest BCUT2D eigenvalue weighted by molar-refractivity contribution is -0.212. The fourth-order valence-corrected chi connectivity index (χ4v) is 5.17. The van der Waals surface area contributed by atoms with Gasteiger partial charge in [-0.15, -0.1) is 0 Å². The first-order valence-electron chi connectivity index (χ1n) is 8.66. The normalized spacial score (nSPS) is 39.3. The maximum atomic E-state index is 12.4. The van der Waals surface area contributed by atoms with Crippen LogP contribution in [0, 0.1) is 28.6 Å². The summed E-state index contributed by atoms with van der Waals surface area (Å²) in [7, 11) is 1.70. The van der Waals surface area contributed by atoms with Crippen LogP contribution in [0.2, 0.25) is 0 Å². The van der Waals surface area contributed by atoms with Crippen LogP contribution in [-0.4, -0.2) is 19.4 Å². The van der Waals surface area contributed by atoms with E-state index >= 15 is 0 Å². The first-order valence-corrected chi connectivity index (χ1v) is 8.66. The number of carbonyl (C=O) groups is 1. The topological polar surface area (TPSA) is 35.5 Å². The summed E-state index contributed by atoms with van der Waals surface area (Å²) in [4.78, 5) is 12.4. The molecule has 3 saturated carbocycles. The van der Waals surface area contributed by atoms with Crippen LogP contribution in [0.4, 0.5) is 0 Å². The van der Waals surface area contributed by atoms with E-state index in [1.165, 1.54) is 38.5 Å². The van der Waals surface area contributed by atoms with E-state index in [1.54, 1.807) is 7.11 Å². The van der Waals surface area contributed by atoms with Gasteiger partial charge >= 0.3 is 5.97 Å². The van der Waals surface area contributed by atoms with Crippen LogP contribution in [0.1, 0.15) is 65.7 Å². The number of methoxy groups -OCH3 is 1. The molecule has 0 aromatic rings. The van der Waals surface area contributed by atoms with Gasteiger partial charge in [-0.05, 0) is 57.3 Å². The van der Waals surface area contributed by atoms with Crippen molar-refractivity contribution < 1.29 is 14.3 Å². The van der Waals surface area contributed by atoms with Crippen LogP contribution in [0.15, 0.2) is 0 Å². The van der Waals surface area contributed by atoms with Crippen molar-refractivity contribution in [3.63, 3.8) is 0 Å². The number of esters is 1. The van der Waals surface area contributed by atoms with E-state index in [0.717, 1.165) is 24.2 Å². The van der Waals surface area contributed by atoms with Crippen LogP contribution in [0.3, 0.4) is 0 Å². The lowest BCUT2D eigenvalue weighted by Crippen LogP contribution is -2.42. The number of fused-ring (bicyclic) bond motifs is 1. The van der Waals surface area contributed by atoms with Gasteiger partial charge in [0.15, 0.2) is 0 Å². The molecule has 0 N–H and O–H groups in total. The van der Waals surface area contributed by atoms with Gasteiger partial charge in [-0.3, -0.25) is 4.79 Å². The molecule has 21 heavy (non-hydrogen) atoms. The molecule has 0 radical (unpaired) electrons. The SMILES string of the molecule is CCC(C)(C)C(=O)OC(OC)C12CC3CCCC(C1)C3C2. The zero-order valence-corrected chi connectivity index (χ0v) is 14.0. The van der Waals surface area contributed by atoms with E-state index in [0.29, 0.717) is 0 Å². The van der Waals surface area contributed by atoms with Gasteiger partial charge in [-0.2, -0.15) is 0 Å². The highest BCUT2D eigenvalue weighted by molar-refractivity contribution is 5.76. The summed E-state index contributed by atoms with van der Waals surface area (Å²) in [6.07, 6.45) is 8.19. The molecule has 3 heteroatoms. The zero-order chi connectivity index (χ0) is 15.3. The molecule has 3 nitrogen and oxygen atoms in total. The number of hydrogen-bond donors (Lipinski definition) is 0. The van der Waals surface area contributed by atoms with Gasteiger partial charge in [0.25, 0.3) is 0 Å². The van der Waals surface area contributed by atoms with E-state index < -0.39 is 5.41 Å². The van der Waals surface area contributed by atoms with Gasteiger partial charge < -0.3 is 9.47 Å². The Labute approximate surface area is 128 Å². The fraction of sp³-hybridized carbons (Fsp3) is 0.944. The fourth-order valence-electron chi connectivity index (χ4n) is 5.17. The van der Waals surface area contributed by atoms with E-state index in [-0.39, 0.29) is 17.7 Å². The Kier molecular flexibility index (Phi) is 3.84. The number of rotatable bonds is 5. The number of hydrogen-bond acceptors (Lipinski definition) is 3. The molecular weight excluding hydrogens is 264 g/mol. The van der Waals surface area contributed by atoms with Crippen LogP contribution < -0.4 is 0 Å². The molecule has 0 amide bonds. The highest BCUT2D eigenvalue weighted by Crippen LogP contribution is 2.65. The lowest BCUT2D eigenvalue weighted by atomic mass is 9.68. The highest BCUT2D eigenvalue weighted by atomic mass is 16.7. The minimum atomic E-state index is -0.417.